The molecule has 0 radical (unpaired) electrons. The molecule has 0 aromatic carbocycles. The van der Waals surface area contributed by atoms with E-state index in [1.165, 1.54) is 0 Å². The quantitative estimate of drug-likeness (QED) is 0.851. The minimum absolute atomic E-state index is 0.0529. The van der Waals surface area contributed by atoms with E-state index in [0.29, 0.717) is 0 Å². The van der Waals surface area contributed by atoms with Crippen LogP contribution in [-0.4, -0.2) is 21.5 Å². The maximum atomic E-state index is 5.96. The van der Waals surface area contributed by atoms with E-state index in [1.54, 1.807) is 12.4 Å². The molecule has 1 unspecified atom stereocenters. The summed E-state index contributed by atoms with van der Waals surface area (Å²) in [5.41, 5.74) is 8.78. The molecular formula is C14H19N5. The lowest BCUT2D eigenvalue weighted by atomic mass is 10.1. The summed E-state index contributed by atoms with van der Waals surface area (Å²) in [6.45, 7) is 4.89. The second-order valence-corrected chi connectivity index (χ2v) is 4.51. The van der Waals surface area contributed by atoms with Crippen LogP contribution in [0.15, 0.2) is 30.9 Å². The van der Waals surface area contributed by atoms with Crippen LogP contribution in [0.5, 0.6) is 0 Å². The van der Waals surface area contributed by atoms with Gasteiger partial charge in [0.2, 0.25) is 0 Å². The maximum Gasteiger partial charge on any atom is 0.145 e. The Bertz CT molecular complexity index is 524. The highest BCUT2D eigenvalue weighted by atomic mass is 15.0. The lowest BCUT2D eigenvalue weighted by molar-refractivity contribution is 0.521. The molecule has 100 valence electrons. The number of pyridine rings is 1. The fourth-order valence-corrected chi connectivity index (χ4v) is 1.91. The number of aromatic nitrogens is 3. The Kier molecular flexibility index (Phi) is 4.41. The van der Waals surface area contributed by atoms with Crippen LogP contribution in [0.3, 0.4) is 0 Å². The molecule has 5 nitrogen and oxygen atoms in total. The van der Waals surface area contributed by atoms with Gasteiger partial charge in [-0.05, 0) is 37.1 Å². The number of nitrogens with one attached hydrogen (secondary N) is 1. The summed E-state index contributed by atoms with van der Waals surface area (Å²) in [4.78, 5) is 12.9. The Morgan fingerprint density at radius 2 is 2.00 bits per heavy atom. The van der Waals surface area contributed by atoms with Crippen LogP contribution >= 0.6 is 0 Å². The SMILES string of the molecule is CCNC(Cc1cnccc1N)c1ncc(C)cn1. The van der Waals surface area contributed by atoms with E-state index >= 15 is 0 Å². The third-order valence-corrected chi connectivity index (χ3v) is 2.93. The summed E-state index contributed by atoms with van der Waals surface area (Å²) < 4.78 is 0. The summed E-state index contributed by atoms with van der Waals surface area (Å²) in [5.74, 6) is 0.788. The van der Waals surface area contributed by atoms with Crippen molar-refractivity contribution >= 4 is 5.69 Å². The third kappa shape index (κ3) is 3.48. The van der Waals surface area contributed by atoms with E-state index in [0.717, 1.165) is 35.6 Å². The van der Waals surface area contributed by atoms with Crippen molar-refractivity contribution in [3.63, 3.8) is 0 Å². The van der Waals surface area contributed by atoms with Gasteiger partial charge in [-0.15, -0.1) is 0 Å². The second kappa shape index (κ2) is 6.24. The Balaban J connectivity index is 2.21. The van der Waals surface area contributed by atoms with Gasteiger partial charge in [0.15, 0.2) is 0 Å². The zero-order valence-corrected chi connectivity index (χ0v) is 11.3. The smallest absolute Gasteiger partial charge is 0.145 e. The van der Waals surface area contributed by atoms with Gasteiger partial charge in [-0.1, -0.05) is 6.92 Å². The van der Waals surface area contributed by atoms with Crippen molar-refractivity contribution in [1.29, 1.82) is 0 Å². The highest BCUT2D eigenvalue weighted by molar-refractivity contribution is 5.44. The van der Waals surface area contributed by atoms with Gasteiger partial charge < -0.3 is 11.1 Å². The average Bonchev–Trinajstić information content (AvgIpc) is 2.42. The van der Waals surface area contributed by atoms with Crippen molar-refractivity contribution in [3.8, 4) is 0 Å². The largest absolute Gasteiger partial charge is 0.398 e. The van der Waals surface area contributed by atoms with E-state index in [1.807, 2.05) is 25.4 Å². The van der Waals surface area contributed by atoms with Gasteiger partial charge in [0.25, 0.3) is 0 Å². The van der Waals surface area contributed by atoms with Crippen LogP contribution < -0.4 is 11.1 Å². The lowest BCUT2D eigenvalue weighted by Crippen LogP contribution is -2.25. The molecule has 2 aromatic rings. The first-order valence-electron chi connectivity index (χ1n) is 6.41. The highest BCUT2D eigenvalue weighted by Gasteiger charge is 2.15. The van der Waals surface area contributed by atoms with Crippen LogP contribution in [0, 0.1) is 6.92 Å². The number of nitrogen functional groups attached to an aromatic ring is 1. The summed E-state index contributed by atoms with van der Waals surface area (Å²) >= 11 is 0. The third-order valence-electron chi connectivity index (χ3n) is 2.93. The number of hydrogen-bond acceptors (Lipinski definition) is 5. The Morgan fingerprint density at radius 3 is 2.63 bits per heavy atom. The molecule has 5 heteroatoms. The number of hydrogen-bond donors (Lipinski definition) is 2. The lowest BCUT2D eigenvalue weighted by Gasteiger charge is -2.17. The number of rotatable bonds is 5. The van der Waals surface area contributed by atoms with Gasteiger partial charge in [0.1, 0.15) is 5.82 Å². The Labute approximate surface area is 113 Å². The minimum Gasteiger partial charge on any atom is -0.398 e. The second-order valence-electron chi connectivity index (χ2n) is 4.51. The summed E-state index contributed by atoms with van der Waals surface area (Å²) in [6, 6.07) is 1.87. The fraction of sp³-hybridized carbons (Fsp3) is 0.357. The number of nitrogens with two attached hydrogens (primary N) is 1. The standard InChI is InChI=1S/C14H19N5/c1-3-17-13(14-18-7-10(2)8-19-14)6-11-9-16-5-4-12(11)15/h4-5,7-9,13,17H,3,6H2,1-2H3,(H2,15,16). The van der Waals surface area contributed by atoms with Crippen molar-refractivity contribution in [2.45, 2.75) is 26.3 Å². The molecule has 0 amide bonds. The van der Waals surface area contributed by atoms with E-state index in [4.69, 9.17) is 5.73 Å². The van der Waals surface area contributed by atoms with Crippen molar-refractivity contribution < 1.29 is 0 Å². The summed E-state index contributed by atoms with van der Waals surface area (Å²) in [7, 11) is 0. The molecule has 0 bridgehead atoms. The van der Waals surface area contributed by atoms with E-state index in [9.17, 15) is 0 Å². The molecule has 0 fully saturated rings. The van der Waals surface area contributed by atoms with Gasteiger partial charge in [-0.2, -0.15) is 0 Å². The first kappa shape index (κ1) is 13.4. The predicted molar refractivity (Wildman–Crippen MR) is 75.5 cm³/mol. The van der Waals surface area contributed by atoms with Gasteiger partial charge in [0.05, 0.1) is 6.04 Å². The van der Waals surface area contributed by atoms with Crippen molar-refractivity contribution in [3.05, 3.63) is 47.8 Å². The van der Waals surface area contributed by atoms with Gasteiger partial charge in [-0.25, -0.2) is 9.97 Å². The molecule has 0 saturated carbocycles. The van der Waals surface area contributed by atoms with Crippen molar-refractivity contribution in [2.75, 3.05) is 12.3 Å². The molecule has 2 aromatic heterocycles. The van der Waals surface area contributed by atoms with E-state index in [-0.39, 0.29) is 6.04 Å². The Hall–Kier alpha value is -2.01. The summed E-state index contributed by atoms with van der Waals surface area (Å²) in [6.07, 6.45) is 7.90. The number of nitrogens with zero attached hydrogens (tertiary/aromatic N) is 3. The molecule has 0 saturated heterocycles. The number of likely N-dealkylation sites (N-methyl/N-ethyl adjacent to an activating group) is 1. The first-order valence-corrected chi connectivity index (χ1v) is 6.41. The van der Waals surface area contributed by atoms with Crippen LogP contribution in [-0.2, 0) is 6.42 Å². The maximum absolute atomic E-state index is 5.96. The molecule has 0 aliphatic rings. The first-order chi connectivity index (χ1) is 9.20. The molecule has 0 aliphatic carbocycles. The monoisotopic (exact) mass is 257 g/mol. The fourth-order valence-electron chi connectivity index (χ4n) is 1.91. The van der Waals surface area contributed by atoms with Crippen LogP contribution in [0.4, 0.5) is 5.69 Å². The molecule has 19 heavy (non-hydrogen) atoms. The molecule has 0 spiro atoms. The topological polar surface area (TPSA) is 76.7 Å². The van der Waals surface area contributed by atoms with Gasteiger partial charge >= 0.3 is 0 Å². The molecule has 3 N–H and O–H groups in total. The van der Waals surface area contributed by atoms with Gasteiger partial charge in [-0.3, -0.25) is 4.98 Å². The molecular weight excluding hydrogens is 238 g/mol. The number of anilines is 1. The zero-order chi connectivity index (χ0) is 13.7. The highest BCUT2D eigenvalue weighted by Crippen LogP contribution is 2.18. The van der Waals surface area contributed by atoms with E-state index in [2.05, 4.69) is 27.2 Å². The molecule has 2 heterocycles. The molecule has 2 rings (SSSR count). The Morgan fingerprint density at radius 1 is 1.26 bits per heavy atom. The van der Waals surface area contributed by atoms with Crippen LogP contribution in [0.2, 0.25) is 0 Å². The zero-order valence-electron chi connectivity index (χ0n) is 11.3. The molecule has 1 atom stereocenters. The summed E-state index contributed by atoms with van der Waals surface area (Å²) in [5, 5.41) is 3.39. The van der Waals surface area contributed by atoms with Crippen LogP contribution in [0.25, 0.3) is 0 Å². The minimum atomic E-state index is 0.0529. The normalized spacial score (nSPS) is 12.3. The van der Waals surface area contributed by atoms with Crippen molar-refractivity contribution in [1.82, 2.24) is 20.3 Å². The predicted octanol–water partition coefficient (Wildman–Crippen LogP) is 1.66. The van der Waals surface area contributed by atoms with Crippen molar-refractivity contribution in [2.24, 2.45) is 0 Å². The average molecular weight is 257 g/mol. The van der Waals surface area contributed by atoms with E-state index < -0.39 is 0 Å². The van der Waals surface area contributed by atoms with Crippen LogP contribution in [0.1, 0.15) is 29.9 Å². The molecule has 0 aliphatic heterocycles. The van der Waals surface area contributed by atoms with Gasteiger partial charge in [0, 0.05) is 30.5 Å². The number of aryl methyl sites for hydroxylation is 1.